The van der Waals surface area contributed by atoms with Crippen molar-refractivity contribution in [3.63, 3.8) is 0 Å². The number of benzene rings is 1. The molecule has 5 heteroatoms. The van der Waals surface area contributed by atoms with E-state index in [0.29, 0.717) is 18.8 Å². The first kappa shape index (κ1) is 17.7. The molecule has 1 unspecified atom stereocenters. The van der Waals surface area contributed by atoms with E-state index in [9.17, 15) is 9.00 Å². The molecule has 1 rings (SSSR count). The summed E-state index contributed by atoms with van der Waals surface area (Å²) in [5, 5.41) is 2.88. The summed E-state index contributed by atoms with van der Waals surface area (Å²) in [6.45, 7) is 11.2. The summed E-state index contributed by atoms with van der Waals surface area (Å²) >= 11 is 0. The van der Waals surface area contributed by atoms with Crippen molar-refractivity contribution in [2.75, 3.05) is 18.4 Å². The third kappa shape index (κ3) is 5.50. The summed E-state index contributed by atoms with van der Waals surface area (Å²) in [6.07, 6.45) is 0. The maximum Gasteiger partial charge on any atom is 0.321 e. The fourth-order valence-corrected chi connectivity index (χ4v) is 2.74. The molecule has 0 aromatic heterocycles. The Morgan fingerprint density at radius 2 is 1.86 bits per heavy atom. The van der Waals surface area contributed by atoms with Gasteiger partial charge in [0.25, 0.3) is 0 Å². The number of rotatable bonds is 5. The van der Waals surface area contributed by atoms with E-state index in [2.05, 4.69) is 5.32 Å². The van der Waals surface area contributed by atoms with Gasteiger partial charge in [-0.15, -0.1) is 0 Å². The van der Waals surface area contributed by atoms with Crippen molar-refractivity contribution in [3.05, 3.63) is 29.8 Å². The summed E-state index contributed by atoms with van der Waals surface area (Å²) in [4.78, 5) is 13.7. The van der Waals surface area contributed by atoms with Crippen molar-refractivity contribution in [1.82, 2.24) is 4.90 Å². The molecule has 0 heterocycles. The minimum absolute atomic E-state index is 0.103. The van der Waals surface area contributed by atoms with Gasteiger partial charge in [-0.3, -0.25) is 4.21 Å². The van der Waals surface area contributed by atoms with Gasteiger partial charge in [-0.25, -0.2) is 4.79 Å². The molecular weight excluding hydrogens is 284 g/mol. The highest BCUT2D eigenvalue weighted by molar-refractivity contribution is 7.85. The van der Waals surface area contributed by atoms with Crippen LogP contribution in [0.15, 0.2) is 24.3 Å². The summed E-state index contributed by atoms with van der Waals surface area (Å²) in [7, 11) is -0.944. The van der Waals surface area contributed by atoms with Crippen LogP contribution in [0, 0.1) is 0 Å². The van der Waals surface area contributed by atoms with Gasteiger partial charge in [0.15, 0.2) is 0 Å². The van der Waals surface area contributed by atoms with Crippen LogP contribution in [-0.4, -0.2) is 33.0 Å². The number of nitrogens with one attached hydrogen (secondary N) is 1. The molecule has 0 aliphatic rings. The van der Waals surface area contributed by atoms with Gasteiger partial charge in [-0.05, 0) is 52.3 Å². The number of carbonyl (C=O) groups is 1. The number of nitrogens with zero attached hydrogens (tertiary/aromatic N) is 1. The molecule has 0 saturated heterocycles. The SMILES string of the molecule is CCN(CC)C(=O)Nc1cccc(CS(=O)C(C)(C)C)c1. The van der Waals surface area contributed by atoms with Gasteiger partial charge in [0.2, 0.25) is 0 Å². The zero-order valence-corrected chi connectivity index (χ0v) is 14.4. The molecule has 21 heavy (non-hydrogen) atoms. The lowest BCUT2D eigenvalue weighted by Crippen LogP contribution is -2.34. The fraction of sp³-hybridized carbons (Fsp3) is 0.562. The molecule has 118 valence electrons. The number of anilines is 1. The normalized spacial score (nSPS) is 12.8. The Balaban J connectivity index is 2.77. The molecule has 1 N–H and O–H groups in total. The Kier molecular flexibility index (Phi) is 6.40. The Morgan fingerprint density at radius 3 is 2.38 bits per heavy atom. The second kappa shape index (κ2) is 7.59. The highest BCUT2D eigenvalue weighted by atomic mass is 32.2. The van der Waals surface area contributed by atoms with Crippen LogP contribution in [0.25, 0.3) is 0 Å². The fourth-order valence-electron chi connectivity index (χ4n) is 1.82. The molecule has 0 saturated carbocycles. The smallest absolute Gasteiger partial charge is 0.321 e. The zero-order valence-electron chi connectivity index (χ0n) is 13.6. The first-order chi connectivity index (χ1) is 9.77. The summed E-state index contributed by atoms with van der Waals surface area (Å²) in [5.41, 5.74) is 1.72. The lowest BCUT2D eigenvalue weighted by atomic mass is 10.2. The lowest BCUT2D eigenvalue weighted by molar-refractivity contribution is 0.217. The third-order valence-electron chi connectivity index (χ3n) is 3.21. The van der Waals surface area contributed by atoms with E-state index in [1.807, 2.05) is 58.9 Å². The summed E-state index contributed by atoms with van der Waals surface area (Å²) in [6, 6.07) is 7.47. The standard InChI is InChI=1S/C16H26N2O2S/c1-6-18(7-2)15(19)17-14-10-8-9-13(11-14)12-21(20)16(3,4)5/h8-11H,6-7,12H2,1-5H3,(H,17,19). The Bertz CT molecular complexity index is 505. The molecule has 2 amide bonds. The zero-order chi connectivity index (χ0) is 16.0. The topological polar surface area (TPSA) is 49.4 Å². The number of hydrogen-bond donors (Lipinski definition) is 1. The van der Waals surface area contributed by atoms with Gasteiger partial charge in [0.05, 0.1) is 0 Å². The van der Waals surface area contributed by atoms with Crippen LogP contribution in [0.1, 0.15) is 40.2 Å². The van der Waals surface area contributed by atoms with Crippen LogP contribution >= 0.6 is 0 Å². The number of urea groups is 1. The van der Waals surface area contributed by atoms with Crippen molar-refractivity contribution in [1.29, 1.82) is 0 Å². The molecule has 4 nitrogen and oxygen atoms in total. The monoisotopic (exact) mass is 310 g/mol. The van der Waals surface area contributed by atoms with E-state index >= 15 is 0 Å². The summed E-state index contributed by atoms with van der Waals surface area (Å²) in [5.74, 6) is 0.498. The molecule has 0 radical (unpaired) electrons. The van der Waals surface area contributed by atoms with E-state index < -0.39 is 10.8 Å². The van der Waals surface area contributed by atoms with Gasteiger partial charge in [-0.1, -0.05) is 12.1 Å². The van der Waals surface area contributed by atoms with E-state index in [-0.39, 0.29) is 10.8 Å². The lowest BCUT2D eigenvalue weighted by Gasteiger charge is -2.20. The van der Waals surface area contributed by atoms with Crippen molar-refractivity contribution < 1.29 is 9.00 Å². The highest BCUT2D eigenvalue weighted by Crippen LogP contribution is 2.18. The Hall–Kier alpha value is -1.36. The molecule has 0 bridgehead atoms. The molecule has 0 aliphatic carbocycles. The van der Waals surface area contributed by atoms with Crippen LogP contribution < -0.4 is 5.32 Å². The van der Waals surface area contributed by atoms with Crippen molar-refractivity contribution in [2.45, 2.75) is 45.1 Å². The maximum absolute atomic E-state index is 12.2. The Morgan fingerprint density at radius 1 is 1.24 bits per heavy atom. The van der Waals surface area contributed by atoms with Gasteiger partial charge in [-0.2, -0.15) is 0 Å². The van der Waals surface area contributed by atoms with Gasteiger partial charge in [0, 0.05) is 40.1 Å². The molecule has 0 aliphatic heterocycles. The quantitative estimate of drug-likeness (QED) is 0.903. The average Bonchev–Trinajstić information content (AvgIpc) is 2.39. The minimum Gasteiger partial charge on any atom is -0.325 e. The maximum atomic E-state index is 12.2. The first-order valence-electron chi connectivity index (χ1n) is 7.31. The average molecular weight is 310 g/mol. The van der Waals surface area contributed by atoms with Crippen LogP contribution in [0.5, 0.6) is 0 Å². The molecule has 1 atom stereocenters. The van der Waals surface area contributed by atoms with E-state index in [1.165, 1.54) is 0 Å². The van der Waals surface area contributed by atoms with Crippen LogP contribution in [-0.2, 0) is 16.6 Å². The predicted molar refractivity (Wildman–Crippen MR) is 90.0 cm³/mol. The van der Waals surface area contributed by atoms with Crippen LogP contribution in [0.3, 0.4) is 0 Å². The van der Waals surface area contributed by atoms with Crippen molar-refractivity contribution >= 4 is 22.5 Å². The predicted octanol–water partition coefficient (Wildman–Crippen LogP) is 3.61. The molecule has 1 aromatic carbocycles. The Labute approximate surface area is 130 Å². The first-order valence-corrected chi connectivity index (χ1v) is 8.63. The largest absolute Gasteiger partial charge is 0.325 e. The third-order valence-corrected chi connectivity index (χ3v) is 5.17. The molecule has 0 fully saturated rings. The number of hydrogen-bond acceptors (Lipinski definition) is 2. The van der Waals surface area contributed by atoms with E-state index in [1.54, 1.807) is 4.90 Å². The summed E-state index contributed by atoms with van der Waals surface area (Å²) < 4.78 is 11.9. The molecule has 0 spiro atoms. The van der Waals surface area contributed by atoms with E-state index in [4.69, 9.17) is 0 Å². The second-order valence-corrected chi connectivity index (χ2v) is 8.11. The van der Waals surface area contributed by atoms with Gasteiger partial charge >= 0.3 is 6.03 Å². The number of carbonyl (C=O) groups excluding carboxylic acids is 1. The van der Waals surface area contributed by atoms with Crippen LogP contribution in [0.4, 0.5) is 10.5 Å². The minimum atomic E-state index is -0.944. The van der Waals surface area contributed by atoms with E-state index in [0.717, 1.165) is 11.3 Å². The molecular formula is C16H26N2O2S. The van der Waals surface area contributed by atoms with Crippen molar-refractivity contribution in [2.24, 2.45) is 0 Å². The van der Waals surface area contributed by atoms with Crippen LogP contribution in [0.2, 0.25) is 0 Å². The van der Waals surface area contributed by atoms with Gasteiger partial charge < -0.3 is 10.2 Å². The highest BCUT2D eigenvalue weighted by Gasteiger charge is 2.19. The number of amides is 2. The van der Waals surface area contributed by atoms with Gasteiger partial charge in [0.1, 0.15) is 0 Å². The van der Waals surface area contributed by atoms with Crippen molar-refractivity contribution in [3.8, 4) is 0 Å². The molecule has 1 aromatic rings. The second-order valence-electron chi connectivity index (χ2n) is 5.91.